The van der Waals surface area contributed by atoms with Crippen LogP contribution in [0.1, 0.15) is 43.8 Å². The average molecular weight is 449 g/mol. The minimum absolute atomic E-state index is 0.0410. The average Bonchev–Trinajstić information content (AvgIpc) is 3.32. The molecule has 2 aliphatic carbocycles. The monoisotopic (exact) mass is 448 g/mol. The molecule has 0 radical (unpaired) electrons. The first kappa shape index (κ1) is 20.1. The third kappa shape index (κ3) is 3.46. The van der Waals surface area contributed by atoms with Gasteiger partial charge in [0.25, 0.3) is 0 Å². The topological polar surface area (TPSA) is 104 Å². The summed E-state index contributed by atoms with van der Waals surface area (Å²) in [6.45, 7) is 0.889. The first-order valence-corrected chi connectivity index (χ1v) is 12.3. The predicted molar refractivity (Wildman–Crippen MR) is 115 cm³/mol. The van der Waals surface area contributed by atoms with Crippen LogP contribution in [0.3, 0.4) is 0 Å². The molecule has 0 spiro atoms. The molecule has 160 valence electrons. The standard InChI is InChI=1S/C20H25ClN6O2S/c1-30(29)16-9-24-19(25-18(16)26-20(11-28)3-2-4-20)27-10-12-5-14(27)6-15(12)17-22-7-13(21)8-23-17/h7-9,12,14-15,28H,2-6,10-11H2,1H3,(H,24,25,26)/t12?,14?,15?,30-/m0/s1. The van der Waals surface area contributed by atoms with E-state index in [9.17, 15) is 9.32 Å². The van der Waals surface area contributed by atoms with E-state index in [-0.39, 0.29) is 12.1 Å². The number of hydrogen-bond acceptors (Lipinski definition) is 8. The van der Waals surface area contributed by atoms with Crippen LogP contribution in [0.15, 0.2) is 23.5 Å². The molecule has 30 heavy (non-hydrogen) atoms. The van der Waals surface area contributed by atoms with E-state index in [1.54, 1.807) is 24.8 Å². The van der Waals surface area contributed by atoms with Gasteiger partial charge in [-0.2, -0.15) is 4.98 Å². The predicted octanol–water partition coefficient (Wildman–Crippen LogP) is 2.37. The molecule has 2 N–H and O–H groups in total. The lowest BCUT2D eigenvalue weighted by Crippen LogP contribution is -2.49. The number of halogens is 1. The van der Waals surface area contributed by atoms with Crippen molar-refractivity contribution in [1.82, 2.24) is 19.9 Å². The number of fused-ring (bicyclic) bond motifs is 2. The first-order chi connectivity index (χ1) is 14.5. The Morgan fingerprint density at radius 2 is 2.03 bits per heavy atom. The first-order valence-electron chi connectivity index (χ1n) is 10.3. The number of aromatic nitrogens is 4. The van der Waals surface area contributed by atoms with Gasteiger partial charge in [-0.25, -0.2) is 15.0 Å². The minimum Gasteiger partial charge on any atom is -0.394 e. The molecule has 3 heterocycles. The zero-order chi connectivity index (χ0) is 20.9. The SMILES string of the molecule is C[S@](=O)c1cnc(N2CC3CC2CC3c2ncc(Cl)cn2)nc1NC1(CO)CCC1. The van der Waals surface area contributed by atoms with Crippen LogP contribution in [0.5, 0.6) is 0 Å². The highest BCUT2D eigenvalue weighted by atomic mass is 35.5. The Kier molecular flexibility index (Phi) is 5.15. The largest absolute Gasteiger partial charge is 0.394 e. The van der Waals surface area contributed by atoms with Crippen molar-refractivity contribution >= 4 is 34.2 Å². The summed E-state index contributed by atoms with van der Waals surface area (Å²) in [4.78, 5) is 21.0. The van der Waals surface area contributed by atoms with Crippen LogP contribution in [-0.4, -0.2) is 60.2 Å². The zero-order valence-corrected chi connectivity index (χ0v) is 18.4. The van der Waals surface area contributed by atoms with Gasteiger partial charge in [-0.15, -0.1) is 0 Å². The molecule has 1 aliphatic heterocycles. The molecule has 2 aromatic rings. The maximum Gasteiger partial charge on any atom is 0.227 e. The third-order valence-corrected chi connectivity index (χ3v) is 7.93. The van der Waals surface area contributed by atoms with Gasteiger partial charge in [0.05, 0.1) is 39.1 Å². The maximum absolute atomic E-state index is 12.2. The Morgan fingerprint density at radius 1 is 1.27 bits per heavy atom. The summed E-state index contributed by atoms with van der Waals surface area (Å²) in [5, 5.41) is 13.8. The highest BCUT2D eigenvalue weighted by molar-refractivity contribution is 7.84. The lowest BCUT2D eigenvalue weighted by atomic mass is 9.77. The molecule has 10 heteroatoms. The number of hydrogen-bond donors (Lipinski definition) is 2. The smallest absolute Gasteiger partial charge is 0.227 e. The maximum atomic E-state index is 12.2. The fourth-order valence-corrected chi connectivity index (χ4v) is 5.67. The molecule has 5 rings (SSSR count). The second-order valence-electron chi connectivity index (χ2n) is 8.66. The van der Waals surface area contributed by atoms with Gasteiger partial charge >= 0.3 is 0 Å². The number of anilines is 2. The van der Waals surface area contributed by atoms with Crippen molar-refractivity contribution in [2.24, 2.45) is 5.92 Å². The van der Waals surface area contributed by atoms with E-state index in [0.717, 1.165) is 44.5 Å². The van der Waals surface area contributed by atoms with E-state index in [0.29, 0.717) is 39.6 Å². The van der Waals surface area contributed by atoms with Gasteiger partial charge < -0.3 is 15.3 Å². The quantitative estimate of drug-likeness (QED) is 0.694. The molecule has 1 saturated heterocycles. The molecule has 3 aliphatic rings. The van der Waals surface area contributed by atoms with E-state index in [2.05, 4.69) is 25.2 Å². The van der Waals surface area contributed by atoms with Crippen molar-refractivity contribution in [3.05, 3.63) is 29.4 Å². The fraction of sp³-hybridized carbons (Fsp3) is 0.600. The number of piperidine rings is 1. The van der Waals surface area contributed by atoms with Crippen molar-refractivity contribution in [2.75, 3.05) is 29.6 Å². The van der Waals surface area contributed by atoms with Crippen LogP contribution in [0.4, 0.5) is 11.8 Å². The molecule has 2 aromatic heterocycles. The third-order valence-electron chi connectivity index (χ3n) is 6.82. The van der Waals surface area contributed by atoms with Crippen molar-refractivity contribution < 1.29 is 9.32 Å². The molecule has 2 saturated carbocycles. The Balaban J connectivity index is 1.37. The van der Waals surface area contributed by atoms with Crippen LogP contribution < -0.4 is 10.2 Å². The minimum atomic E-state index is -1.21. The second-order valence-corrected chi connectivity index (χ2v) is 10.4. The number of aliphatic hydroxyl groups excluding tert-OH is 1. The molecule has 4 atom stereocenters. The zero-order valence-electron chi connectivity index (χ0n) is 16.8. The van der Waals surface area contributed by atoms with Crippen molar-refractivity contribution in [3.63, 3.8) is 0 Å². The van der Waals surface area contributed by atoms with Crippen LogP contribution in [0.2, 0.25) is 5.02 Å². The Labute approximate surface area is 183 Å². The molecule has 3 fully saturated rings. The van der Waals surface area contributed by atoms with Crippen LogP contribution in [0.25, 0.3) is 0 Å². The lowest BCUT2D eigenvalue weighted by Gasteiger charge is -2.41. The van der Waals surface area contributed by atoms with E-state index >= 15 is 0 Å². The summed E-state index contributed by atoms with van der Waals surface area (Å²) >= 11 is 5.93. The lowest BCUT2D eigenvalue weighted by molar-refractivity contribution is 0.143. The van der Waals surface area contributed by atoms with E-state index < -0.39 is 10.8 Å². The van der Waals surface area contributed by atoms with Gasteiger partial charge in [-0.3, -0.25) is 4.21 Å². The molecule has 0 aromatic carbocycles. The van der Waals surface area contributed by atoms with Gasteiger partial charge in [-0.1, -0.05) is 11.6 Å². The van der Waals surface area contributed by atoms with Gasteiger partial charge in [0.1, 0.15) is 11.6 Å². The van der Waals surface area contributed by atoms with E-state index in [1.165, 1.54) is 0 Å². The van der Waals surface area contributed by atoms with Crippen LogP contribution >= 0.6 is 11.6 Å². The summed E-state index contributed by atoms with van der Waals surface area (Å²) in [6.07, 6.45) is 11.5. The summed E-state index contributed by atoms with van der Waals surface area (Å²) in [5.74, 6) is 2.88. The summed E-state index contributed by atoms with van der Waals surface area (Å²) in [5.41, 5.74) is -0.360. The van der Waals surface area contributed by atoms with Crippen molar-refractivity contribution in [1.29, 1.82) is 0 Å². The molecule has 0 amide bonds. The van der Waals surface area contributed by atoms with E-state index in [1.807, 2.05) is 0 Å². The summed E-state index contributed by atoms with van der Waals surface area (Å²) < 4.78 is 12.2. The van der Waals surface area contributed by atoms with Crippen LogP contribution in [0, 0.1) is 5.92 Å². The summed E-state index contributed by atoms with van der Waals surface area (Å²) in [7, 11) is -1.21. The van der Waals surface area contributed by atoms with Crippen molar-refractivity contribution in [2.45, 2.75) is 54.5 Å². The number of rotatable bonds is 6. The van der Waals surface area contributed by atoms with Gasteiger partial charge in [0.2, 0.25) is 5.95 Å². The number of nitrogens with one attached hydrogen (secondary N) is 1. The van der Waals surface area contributed by atoms with Crippen LogP contribution in [-0.2, 0) is 10.8 Å². The molecule has 3 unspecified atom stereocenters. The van der Waals surface area contributed by atoms with Crippen molar-refractivity contribution in [3.8, 4) is 0 Å². The highest BCUT2D eigenvalue weighted by Gasteiger charge is 2.47. The van der Waals surface area contributed by atoms with E-state index in [4.69, 9.17) is 16.6 Å². The normalized spacial score (nSPS) is 27.7. The number of nitrogens with zero attached hydrogens (tertiary/aromatic N) is 5. The molecular weight excluding hydrogens is 424 g/mol. The number of aliphatic hydroxyl groups is 1. The van der Waals surface area contributed by atoms with Gasteiger partial charge in [-0.05, 0) is 38.0 Å². The fourth-order valence-electron chi connectivity index (χ4n) is 5.01. The Morgan fingerprint density at radius 3 is 2.60 bits per heavy atom. The molecular formula is C20H25ClN6O2S. The van der Waals surface area contributed by atoms with Gasteiger partial charge in [0, 0.05) is 37.2 Å². The molecule has 2 bridgehead atoms. The highest BCUT2D eigenvalue weighted by Crippen LogP contribution is 2.47. The van der Waals surface area contributed by atoms with Gasteiger partial charge in [0.15, 0.2) is 0 Å². The molecule has 8 nitrogen and oxygen atoms in total. The Bertz CT molecular complexity index is 965. The second kappa shape index (κ2) is 7.69. The Hall–Kier alpha value is -1.84. The summed E-state index contributed by atoms with van der Waals surface area (Å²) in [6, 6.07) is 0.334.